The van der Waals surface area contributed by atoms with E-state index >= 15 is 0 Å². The highest BCUT2D eigenvalue weighted by molar-refractivity contribution is 5.16. The van der Waals surface area contributed by atoms with E-state index in [0.29, 0.717) is 0 Å². The molecule has 3 heteroatoms. The second-order valence-corrected chi connectivity index (χ2v) is 5.54. The van der Waals surface area contributed by atoms with Crippen molar-refractivity contribution in [3.8, 4) is 0 Å². The van der Waals surface area contributed by atoms with Gasteiger partial charge in [0.2, 0.25) is 0 Å². The van der Waals surface area contributed by atoms with E-state index in [1.165, 1.54) is 32.1 Å². The molecule has 0 saturated carbocycles. The summed E-state index contributed by atoms with van der Waals surface area (Å²) in [5, 5.41) is 2.59. The second kappa shape index (κ2) is 7.45. The standard InChI is InChI=1S/C15H27NO2/c1-4-6-8-9-11-15(3,10-7-5-2)13-12-16-18-14(13)17/h12,16H,4-11H2,1-3H3. The lowest BCUT2D eigenvalue weighted by Gasteiger charge is -2.27. The number of unbranched alkanes of at least 4 members (excludes halogenated alkanes) is 4. The van der Waals surface area contributed by atoms with Gasteiger partial charge in [0.05, 0.1) is 5.56 Å². The summed E-state index contributed by atoms with van der Waals surface area (Å²) in [4.78, 5) is 11.7. The first-order valence-corrected chi connectivity index (χ1v) is 7.31. The summed E-state index contributed by atoms with van der Waals surface area (Å²) in [6.45, 7) is 6.61. The molecule has 0 saturated heterocycles. The summed E-state index contributed by atoms with van der Waals surface area (Å²) in [6.07, 6.45) is 11.2. The normalized spacial score (nSPS) is 14.6. The van der Waals surface area contributed by atoms with Crippen LogP contribution in [0.25, 0.3) is 0 Å². The van der Waals surface area contributed by atoms with Gasteiger partial charge in [-0.1, -0.05) is 59.3 Å². The Bertz CT molecular complexity index is 380. The van der Waals surface area contributed by atoms with Crippen molar-refractivity contribution >= 4 is 0 Å². The summed E-state index contributed by atoms with van der Waals surface area (Å²) in [5.74, 6) is 0. The highest BCUT2D eigenvalue weighted by Gasteiger charge is 2.29. The zero-order valence-electron chi connectivity index (χ0n) is 12.1. The third kappa shape index (κ3) is 4.04. The molecule has 3 nitrogen and oxygen atoms in total. The van der Waals surface area contributed by atoms with Gasteiger partial charge in [-0.2, -0.15) is 0 Å². The van der Waals surface area contributed by atoms with Gasteiger partial charge in [0, 0.05) is 11.6 Å². The average molecular weight is 253 g/mol. The minimum atomic E-state index is -0.191. The zero-order chi connectivity index (χ0) is 13.4. The maximum absolute atomic E-state index is 11.7. The maximum atomic E-state index is 11.7. The second-order valence-electron chi connectivity index (χ2n) is 5.54. The fraction of sp³-hybridized carbons (Fsp3) is 0.800. The molecule has 1 aromatic rings. The first-order valence-electron chi connectivity index (χ1n) is 7.31. The van der Waals surface area contributed by atoms with Crippen LogP contribution in [0.3, 0.4) is 0 Å². The Kier molecular flexibility index (Phi) is 6.23. The van der Waals surface area contributed by atoms with Gasteiger partial charge in [-0.05, 0) is 12.8 Å². The SMILES string of the molecule is CCCCCCC(C)(CCCC)c1c[nH]oc1=O. The Morgan fingerprint density at radius 2 is 1.78 bits per heavy atom. The molecule has 0 aliphatic carbocycles. The van der Waals surface area contributed by atoms with Crippen molar-refractivity contribution in [3.63, 3.8) is 0 Å². The molecule has 0 bridgehead atoms. The maximum Gasteiger partial charge on any atom is 0.360 e. The molecule has 0 fully saturated rings. The van der Waals surface area contributed by atoms with Crippen LogP contribution in [0.15, 0.2) is 15.5 Å². The lowest BCUT2D eigenvalue weighted by Crippen LogP contribution is -2.27. The number of nitrogens with one attached hydrogen (secondary N) is 1. The van der Waals surface area contributed by atoms with E-state index in [9.17, 15) is 4.79 Å². The minimum Gasteiger partial charge on any atom is -0.339 e. The van der Waals surface area contributed by atoms with E-state index in [1.807, 2.05) is 0 Å². The molecular weight excluding hydrogens is 226 g/mol. The molecule has 1 aromatic heterocycles. The molecule has 0 aliphatic heterocycles. The number of aromatic nitrogens is 1. The van der Waals surface area contributed by atoms with Crippen LogP contribution in [-0.4, -0.2) is 5.16 Å². The summed E-state index contributed by atoms with van der Waals surface area (Å²) >= 11 is 0. The van der Waals surface area contributed by atoms with Crippen molar-refractivity contribution in [1.29, 1.82) is 0 Å². The van der Waals surface area contributed by atoms with Gasteiger partial charge in [0.25, 0.3) is 0 Å². The summed E-state index contributed by atoms with van der Waals surface area (Å²) < 4.78 is 4.84. The van der Waals surface area contributed by atoms with Crippen molar-refractivity contribution in [3.05, 3.63) is 22.2 Å². The molecule has 0 spiro atoms. The number of hydrogen-bond acceptors (Lipinski definition) is 2. The molecule has 104 valence electrons. The van der Waals surface area contributed by atoms with E-state index in [-0.39, 0.29) is 11.0 Å². The zero-order valence-corrected chi connectivity index (χ0v) is 12.1. The van der Waals surface area contributed by atoms with Crippen LogP contribution >= 0.6 is 0 Å². The number of aromatic amines is 1. The van der Waals surface area contributed by atoms with E-state index in [4.69, 9.17) is 4.52 Å². The van der Waals surface area contributed by atoms with Crippen LogP contribution in [0.5, 0.6) is 0 Å². The highest BCUT2D eigenvalue weighted by Crippen LogP contribution is 2.33. The molecule has 0 radical (unpaired) electrons. The molecule has 18 heavy (non-hydrogen) atoms. The van der Waals surface area contributed by atoms with Crippen LogP contribution in [0.4, 0.5) is 0 Å². The molecule has 1 heterocycles. The van der Waals surface area contributed by atoms with Crippen LogP contribution in [0, 0.1) is 0 Å². The van der Waals surface area contributed by atoms with Crippen LogP contribution in [0.1, 0.15) is 77.7 Å². The van der Waals surface area contributed by atoms with Crippen molar-refractivity contribution < 1.29 is 4.52 Å². The third-order valence-corrected chi connectivity index (χ3v) is 3.89. The molecule has 0 amide bonds. The smallest absolute Gasteiger partial charge is 0.339 e. The Hall–Kier alpha value is -0.990. The largest absolute Gasteiger partial charge is 0.360 e. The summed E-state index contributed by atoms with van der Waals surface area (Å²) in [6, 6.07) is 0. The Morgan fingerprint density at radius 1 is 1.11 bits per heavy atom. The van der Waals surface area contributed by atoms with Gasteiger partial charge in [-0.15, -0.1) is 0 Å². The van der Waals surface area contributed by atoms with Crippen LogP contribution < -0.4 is 5.63 Å². The minimum absolute atomic E-state index is 0.0235. The average Bonchev–Trinajstić information content (AvgIpc) is 2.79. The van der Waals surface area contributed by atoms with E-state index < -0.39 is 0 Å². The van der Waals surface area contributed by atoms with Gasteiger partial charge in [0.15, 0.2) is 0 Å². The topological polar surface area (TPSA) is 46.0 Å². The molecule has 1 rings (SSSR count). The first-order chi connectivity index (χ1) is 8.64. The molecule has 0 aromatic carbocycles. The molecule has 1 unspecified atom stereocenters. The van der Waals surface area contributed by atoms with Crippen LogP contribution in [-0.2, 0) is 5.41 Å². The van der Waals surface area contributed by atoms with Gasteiger partial charge in [-0.25, -0.2) is 9.95 Å². The van der Waals surface area contributed by atoms with Gasteiger partial charge in [0.1, 0.15) is 0 Å². The Morgan fingerprint density at radius 3 is 2.33 bits per heavy atom. The number of rotatable bonds is 9. The molecule has 1 atom stereocenters. The van der Waals surface area contributed by atoms with E-state index in [2.05, 4.69) is 25.9 Å². The number of hydrogen-bond donors (Lipinski definition) is 1. The first kappa shape index (κ1) is 15.1. The van der Waals surface area contributed by atoms with Crippen molar-refractivity contribution in [2.75, 3.05) is 0 Å². The van der Waals surface area contributed by atoms with Crippen molar-refractivity contribution in [1.82, 2.24) is 5.16 Å². The third-order valence-electron chi connectivity index (χ3n) is 3.89. The highest BCUT2D eigenvalue weighted by atomic mass is 16.5. The van der Waals surface area contributed by atoms with E-state index in [1.54, 1.807) is 6.20 Å². The molecule has 0 aliphatic rings. The summed E-state index contributed by atoms with van der Waals surface area (Å²) in [7, 11) is 0. The predicted molar refractivity (Wildman–Crippen MR) is 75.0 cm³/mol. The van der Waals surface area contributed by atoms with E-state index in [0.717, 1.165) is 24.8 Å². The monoisotopic (exact) mass is 253 g/mol. The van der Waals surface area contributed by atoms with Crippen molar-refractivity contribution in [2.24, 2.45) is 0 Å². The lowest BCUT2D eigenvalue weighted by molar-refractivity contribution is 0.350. The fourth-order valence-electron chi connectivity index (χ4n) is 2.58. The lowest BCUT2D eigenvalue weighted by atomic mass is 9.75. The van der Waals surface area contributed by atoms with Gasteiger partial charge < -0.3 is 4.52 Å². The number of H-pyrrole nitrogens is 1. The summed E-state index contributed by atoms with van der Waals surface area (Å²) in [5.41, 5.74) is 0.612. The fourth-order valence-corrected chi connectivity index (χ4v) is 2.58. The quantitative estimate of drug-likeness (QED) is 0.663. The Balaban J connectivity index is 2.69. The van der Waals surface area contributed by atoms with Crippen molar-refractivity contribution in [2.45, 2.75) is 77.6 Å². The van der Waals surface area contributed by atoms with Gasteiger partial charge in [-0.3, -0.25) is 0 Å². The molecule has 1 N–H and O–H groups in total. The van der Waals surface area contributed by atoms with Crippen LogP contribution in [0.2, 0.25) is 0 Å². The Labute approximate surface area is 110 Å². The predicted octanol–water partition coefficient (Wildman–Crippen LogP) is 4.39. The van der Waals surface area contributed by atoms with Gasteiger partial charge >= 0.3 is 5.63 Å². The molecular formula is C15H27NO2.